The van der Waals surface area contributed by atoms with Gasteiger partial charge in [-0.05, 0) is 25.5 Å². The van der Waals surface area contributed by atoms with Gasteiger partial charge < -0.3 is 10.4 Å². The third kappa shape index (κ3) is 4.82. The number of nitrogens with one attached hydrogen (secondary N) is 1. The molecule has 1 aromatic heterocycles. The van der Waals surface area contributed by atoms with Crippen molar-refractivity contribution in [2.24, 2.45) is 0 Å². The fourth-order valence-corrected chi connectivity index (χ4v) is 1.33. The number of halogens is 1. The summed E-state index contributed by atoms with van der Waals surface area (Å²) in [5.41, 5.74) is 0.261. The number of carboxylic acids is 1. The summed E-state index contributed by atoms with van der Waals surface area (Å²) in [6.45, 7) is 1.75. The summed E-state index contributed by atoms with van der Waals surface area (Å²) in [6, 6.07) is 2.88. The van der Waals surface area contributed by atoms with Crippen molar-refractivity contribution >= 4 is 23.5 Å². The quantitative estimate of drug-likeness (QED) is 0.841. The van der Waals surface area contributed by atoms with Crippen molar-refractivity contribution in [3.8, 4) is 0 Å². The molecule has 6 heteroatoms. The van der Waals surface area contributed by atoms with Crippen molar-refractivity contribution in [2.45, 2.75) is 25.8 Å². The van der Waals surface area contributed by atoms with E-state index in [0.717, 1.165) is 0 Å². The summed E-state index contributed by atoms with van der Waals surface area (Å²) >= 11 is 5.65. The molecule has 17 heavy (non-hydrogen) atoms. The van der Waals surface area contributed by atoms with E-state index < -0.39 is 5.97 Å². The van der Waals surface area contributed by atoms with Crippen molar-refractivity contribution in [1.29, 1.82) is 0 Å². The number of carbonyl (C=O) groups excluding carboxylic acids is 1. The maximum absolute atomic E-state index is 11.6. The summed E-state index contributed by atoms with van der Waals surface area (Å²) in [5.74, 6) is -1.21. The SMILES string of the molecule is CC(CCC(=O)O)NC(=O)c1ccc(Cl)cn1. The van der Waals surface area contributed by atoms with E-state index in [9.17, 15) is 9.59 Å². The Bertz CT molecular complexity index is 406. The third-order valence-corrected chi connectivity index (χ3v) is 2.35. The zero-order chi connectivity index (χ0) is 12.8. The van der Waals surface area contributed by atoms with Gasteiger partial charge in [0.25, 0.3) is 5.91 Å². The molecule has 1 aromatic rings. The fourth-order valence-electron chi connectivity index (χ4n) is 1.22. The van der Waals surface area contributed by atoms with Crippen LogP contribution in [-0.2, 0) is 4.79 Å². The van der Waals surface area contributed by atoms with Crippen LogP contribution in [0, 0.1) is 0 Å². The van der Waals surface area contributed by atoms with Gasteiger partial charge in [-0.3, -0.25) is 9.59 Å². The molecule has 0 fully saturated rings. The molecule has 1 amide bonds. The minimum absolute atomic E-state index is 0.0233. The van der Waals surface area contributed by atoms with Crippen molar-refractivity contribution in [3.05, 3.63) is 29.0 Å². The maximum Gasteiger partial charge on any atom is 0.303 e. The van der Waals surface area contributed by atoms with Gasteiger partial charge in [0.1, 0.15) is 5.69 Å². The minimum atomic E-state index is -0.879. The summed E-state index contributed by atoms with van der Waals surface area (Å²) < 4.78 is 0. The molecule has 0 saturated heterocycles. The highest BCUT2D eigenvalue weighted by Crippen LogP contribution is 2.06. The van der Waals surface area contributed by atoms with Crippen LogP contribution in [0.4, 0.5) is 0 Å². The number of hydrogen-bond acceptors (Lipinski definition) is 3. The Kier molecular flexibility index (Phi) is 4.90. The van der Waals surface area contributed by atoms with Crippen LogP contribution >= 0.6 is 11.6 Å². The molecule has 0 aliphatic rings. The Morgan fingerprint density at radius 2 is 2.24 bits per heavy atom. The van der Waals surface area contributed by atoms with Crippen molar-refractivity contribution < 1.29 is 14.7 Å². The highest BCUT2D eigenvalue weighted by atomic mass is 35.5. The second kappa shape index (κ2) is 6.20. The van der Waals surface area contributed by atoms with E-state index in [4.69, 9.17) is 16.7 Å². The van der Waals surface area contributed by atoms with Crippen molar-refractivity contribution in [2.75, 3.05) is 0 Å². The lowest BCUT2D eigenvalue weighted by molar-refractivity contribution is -0.137. The number of aromatic nitrogens is 1. The molecule has 1 atom stereocenters. The first-order valence-corrected chi connectivity index (χ1v) is 5.51. The van der Waals surface area contributed by atoms with E-state index >= 15 is 0 Å². The zero-order valence-electron chi connectivity index (χ0n) is 9.31. The van der Waals surface area contributed by atoms with Gasteiger partial charge in [0.2, 0.25) is 0 Å². The average Bonchev–Trinajstić information content (AvgIpc) is 2.27. The van der Waals surface area contributed by atoms with E-state index in [1.165, 1.54) is 12.3 Å². The van der Waals surface area contributed by atoms with Gasteiger partial charge in [-0.25, -0.2) is 4.98 Å². The Morgan fingerprint density at radius 1 is 1.53 bits per heavy atom. The lowest BCUT2D eigenvalue weighted by atomic mass is 10.2. The van der Waals surface area contributed by atoms with Gasteiger partial charge in [-0.1, -0.05) is 11.6 Å². The molecule has 0 aliphatic carbocycles. The molecule has 92 valence electrons. The smallest absolute Gasteiger partial charge is 0.303 e. The number of nitrogens with zero attached hydrogens (tertiary/aromatic N) is 1. The molecule has 0 aliphatic heterocycles. The average molecular weight is 257 g/mol. The highest BCUT2D eigenvalue weighted by molar-refractivity contribution is 6.30. The molecule has 2 N–H and O–H groups in total. The topological polar surface area (TPSA) is 79.3 Å². The number of amides is 1. The third-order valence-electron chi connectivity index (χ3n) is 2.13. The number of hydrogen-bond donors (Lipinski definition) is 2. The van der Waals surface area contributed by atoms with E-state index in [1.807, 2.05) is 0 Å². The van der Waals surface area contributed by atoms with Crippen LogP contribution in [0.3, 0.4) is 0 Å². The first kappa shape index (κ1) is 13.4. The first-order chi connectivity index (χ1) is 7.99. The standard InChI is InChI=1S/C11H13ClN2O3/c1-7(2-5-10(15)16)14-11(17)9-4-3-8(12)6-13-9/h3-4,6-7H,2,5H2,1H3,(H,14,17)(H,15,16). The van der Waals surface area contributed by atoms with Gasteiger partial charge in [0.05, 0.1) is 5.02 Å². The first-order valence-electron chi connectivity index (χ1n) is 5.13. The normalized spacial score (nSPS) is 11.9. The predicted octanol–water partition coefficient (Wildman–Crippen LogP) is 1.72. The molecule has 0 radical (unpaired) electrons. The van der Waals surface area contributed by atoms with Gasteiger partial charge in [-0.15, -0.1) is 0 Å². The predicted molar refractivity (Wildman–Crippen MR) is 63.0 cm³/mol. The molecule has 1 unspecified atom stereocenters. The van der Waals surface area contributed by atoms with E-state index in [0.29, 0.717) is 11.4 Å². The summed E-state index contributed by atoms with van der Waals surface area (Å²) in [4.78, 5) is 25.9. The number of aliphatic carboxylic acids is 1. The molecular weight excluding hydrogens is 244 g/mol. The second-order valence-electron chi connectivity index (χ2n) is 3.67. The molecule has 0 bridgehead atoms. The van der Waals surface area contributed by atoms with Gasteiger partial charge in [0.15, 0.2) is 0 Å². The van der Waals surface area contributed by atoms with Gasteiger partial charge in [-0.2, -0.15) is 0 Å². The zero-order valence-corrected chi connectivity index (χ0v) is 10.1. The summed E-state index contributed by atoms with van der Waals surface area (Å²) in [5, 5.41) is 11.6. The molecule has 5 nitrogen and oxygen atoms in total. The summed E-state index contributed by atoms with van der Waals surface area (Å²) in [6.07, 6.45) is 1.79. The molecular formula is C11H13ClN2O3. The second-order valence-corrected chi connectivity index (χ2v) is 4.11. The largest absolute Gasteiger partial charge is 0.481 e. The van der Waals surface area contributed by atoms with Crippen LogP contribution in [0.2, 0.25) is 5.02 Å². The number of rotatable bonds is 5. The molecule has 1 rings (SSSR count). The molecule has 0 saturated carbocycles. The Labute approximate surface area is 104 Å². The maximum atomic E-state index is 11.6. The number of carbonyl (C=O) groups is 2. The van der Waals surface area contributed by atoms with Gasteiger partial charge >= 0.3 is 5.97 Å². The minimum Gasteiger partial charge on any atom is -0.481 e. The van der Waals surface area contributed by atoms with Crippen LogP contribution in [0.5, 0.6) is 0 Å². The Balaban J connectivity index is 2.48. The summed E-state index contributed by atoms with van der Waals surface area (Å²) in [7, 11) is 0. The van der Waals surface area contributed by atoms with Crippen molar-refractivity contribution in [3.63, 3.8) is 0 Å². The highest BCUT2D eigenvalue weighted by Gasteiger charge is 2.11. The van der Waals surface area contributed by atoms with Gasteiger partial charge in [0, 0.05) is 18.7 Å². The van der Waals surface area contributed by atoms with Crippen LogP contribution in [0.25, 0.3) is 0 Å². The van der Waals surface area contributed by atoms with Crippen LogP contribution < -0.4 is 5.32 Å². The van der Waals surface area contributed by atoms with Crippen LogP contribution in [0.1, 0.15) is 30.3 Å². The number of carboxylic acid groups (broad SMARTS) is 1. The van der Waals surface area contributed by atoms with E-state index in [1.54, 1.807) is 13.0 Å². The number of pyridine rings is 1. The Hall–Kier alpha value is -1.62. The lowest BCUT2D eigenvalue weighted by Crippen LogP contribution is -2.33. The van der Waals surface area contributed by atoms with Crippen LogP contribution in [-0.4, -0.2) is 28.0 Å². The molecule has 0 aromatic carbocycles. The van der Waals surface area contributed by atoms with E-state index in [-0.39, 0.29) is 24.1 Å². The van der Waals surface area contributed by atoms with Crippen molar-refractivity contribution in [1.82, 2.24) is 10.3 Å². The monoisotopic (exact) mass is 256 g/mol. The molecule has 1 heterocycles. The Morgan fingerprint density at radius 3 is 2.76 bits per heavy atom. The molecule has 0 spiro atoms. The van der Waals surface area contributed by atoms with Crippen LogP contribution in [0.15, 0.2) is 18.3 Å². The lowest BCUT2D eigenvalue weighted by Gasteiger charge is -2.12. The fraction of sp³-hybridized carbons (Fsp3) is 0.364. The van der Waals surface area contributed by atoms with E-state index in [2.05, 4.69) is 10.3 Å².